The van der Waals surface area contributed by atoms with Crippen LogP contribution in [-0.4, -0.2) is 49.9 Å². The first kappa shape index (κ1) is 18.0. The molecule has 1 atom stereocenters. The molecule has 28 heavy (non-hydrogen) atoms. The number of hydrogen-bond donors (Lipinski definition) is 1. The molecule has 0 aliphatic carbocycles. The molecule has 4 heterocycles. The molecule has 0 saturated carbocycles. The highest BCUT2D eigenvalue weighted by atomic mass is 16.2. The minimum absolute atomic E-state index is 0.0327. The van der Waals surface area contributed by atoms with Crippen molar-refractivity contribution in [3.8, 4) is 11.5 Å². The van der Waals surface area contributed by atoms with Gasteiger partial charge in [0.05, 0.1) is 0 Å². The van der Waals surface area contributed by atoms with Crippen LogP contribution in [0.5, 0.6) is 0 Å². The summed E-state index contributed by atoms with van der Waals surface area (Å²) in [5.41, 5.74) is 3.15. The highest BCUT2D eigenvalue weighted by Gasteiger charge is 2.28. The van der Waals surface area contributed by atoms with Crippen molar-refractivity contribution in [2.45, 2.75) is 26.3 Å². The first-order valence-electron chi connectivity index (χ1n) is 9.35. The lowest BCUT2D eigenvalue weighted by atomic mass is 10.2. The molecular formula is C21H22N6O. The molecule has 1 unspecified atom stereocenters. The van der Waals surface area contributed by atoms with Crippen LogP contribution in [-0.2, 0) is 0 Å². The molecule has 1 aliphatic rings. The summed E-state index contributed by atoms with van der Waals surface area (Å²) in [7, 11) is 0. The van der Waals surface area contributed by atoms with Gasteiger partial charge in [-0.15, -0.1) is 0 Å². The van der Waals surface area contributed by atoms with Crippen LogP contribution in [0.2, 0.25) is 0 Å². The van der Waals surface area contributed by atoms with E-state index in [4.69, 9.17) is 4.98 Å². The molecular weight excluding hydrogens is 352 g/mol. The molecule has 1 amide bonds. The smallest absolute Gasteiger partial charge is 0.272 e. The highest BCUT2D eigenvalue weighted by Crippen LogP contribution is 2.23. The van der Waals surface area contributed by atoms with Crippen molar-refractivity contribution in [3.05, 3.63) is 65.7 Å². The standard InChI is InChI=1S/C21H22N6O/c1-14-15(2)24-20(17-7-3-5-10-22-17)26-19(14)25-16-9-12-27(13-16)21(28)18-8-4-6-11-23-18/h3-8,10-11,16H,9,12-13H2,1-2H3,(H,24,25,26). The van der Waals surface area contributed by atoms with Crippen LogP contribution in [0, 0.1) is 13.8 Å². The molecule has 3 aromatic rings. The van der Waals surface area contributed by atoms with Gasteiger partial charge in [-0.3, -0.25) is 14.8 Å². The first-order valence-corrected chi connectivity index (χ1v) is 9.35. The van der Waals surface area contributed by atoms with E-state index in [2.05, 4.69) is 20.3 Å². The van der Waals surface area contributed by atoms with Crippen LogP contribution in [0.3, 0.4) is 0 Å². The second kappa shape index (κ2) is 7.72. The van der Waals surface area contributed by atoms with E-state index in [-0.39, 0.29) is 11.9 Å². The van der Waals surface area contributed by atoms with Crippen molar-refractivity contribution in [1.29, 1.82) is 0 Å². The normalized spacial score (nSPS) is 16.2. The van der Waals surface area contributed by atoms with Crippen LogP contribution < -0.4 is 5.32 Å². The zero-order chi connectivity index (χ0) is 19.5. The molecule has 1 N–H and O–H groups in total. The third-order valence-electron chi connectivity index (χ3n) is 4.98. The van der Waals surface area contributed by atoms with E-state index >= 15 is 0 Å². The molecule has 1 fully saturated rings. The third kappa shape index (κ3) is 3.69. The Kier molecular flexibility index (Phi) is 4.97. The molecule has 0 spiro atoms. The second-order valence-electron chi connectivity index (χ2n) is 6.92. The fourth-order valence-electron chi connectivity index (χ4n) is 3.29. The number of nitrogens with one attached hydrogen (secondary N) is 1. The second-order valence-corrected chi connectivity index (χ2v) is 6.92. The van der Waals surface area contributed by atoms with E-state index in [1.807, 2.05) is 49.1 Å². The summed E-state index contributed by atoms with van der Waals surface area (Å²) < 4.78 is 0. The van der Waals surface area contributed by atoms with Gasteiger partial charge < -0.3 is 10.2 Å². The number of hydrogen-bond acceptors (Lipinski definition) is 6. The van der Waals surface area contributed by atoms with Crippen LogP contribution in [0.4, 0.5) is 5.82 Å². The van der Waals surface area contributed by atoms with Gasteiger partial charge in [-0.1, -0.05) is 12.1 Å². The zero-order valence-electron chi connectivity index (χ0n) is 16.0. The number of carbonyl (C=O) groups excluding carboxylic acids is 1. The van der Waals surface area contributed by atoms with Gasteiger partial charge in [-0.25, -0.2) is 9.97 Å². The van der Waals surface area contributed by atoms with E-state index < -0.39 is 0 Å². The molecule has 0 aromatic carbocycles. The van der Waals surface area contributed by atoms with Gasteiger partial charge in [-0.2, -0.15) is 0 Å². The Bertz CT molecular complexity index is 977. The van der Waals surface area contributed by atoms with E-state index in [9.17, 15) is 4.79 Å². The Balaban J connectivity index is 1.50. The number of aromatic nitrogens is 4. The van der Waals surface area contributed by atoms with Crippen LogP contribution in [0.1, 0.15) is 28.2 Å². The molecule has 3 aromatic heterocycles. The summed E-state index contributed by atoms with van der Waals surface area (Å²) in [4.78, 5) is 32.2. The molecule has 0 radical (unpaired) electrons. The maximum absolute atomic E-state index is 12.6. The maximum Gasteiger partial charge on any atom is 0.272 e. The predicted octanol–water partition coefficient (Wildman–Crippen LogP) is 2.88. The number of anilines is 1. The Hall–Kier alpha value is -3.35. The number of rotatable bonds is 4. The molecule has 7 heteroatoms. The largest absolute Gasteiger partial charge is 0.365 e. The molecule has 7 nitrogen and oxygen atoms in total. The number of nitrogens with zero attached hydrogens (tertiary/aromatic N) is 5. The molecule has 0 bridgehead atoms. The summed E-state index contributed by atoms with van der Waals surface area (Å²) in [6, 6.07) is 11.2. The van der Waals surface area contributed by atoms with Gasteiger partial charge in [0.2, 0.25) is 0 Å². The third-order valence-corrected chi connectivity index (χ3v) is 4.98. The quantitative estimate of drug-likeness (QED) is 0.756. The van der Waals surface area contributed by atoms with Crippen LogP contribution >= 0.6 is 0 Å². The topological polar surface area (TPSA) is 83.9 Å². The summed E-state index contributed by atoms with van der Waals surface area (Å²) in [5.74, 6) is 1.37. The Morgan fingerprint density at radius 3 is 2.57 bits per heavy atom. The van der Waals surface area contributed by atoms with Crippen molar-refractivity contribution < 1.29 is 4.79 Å². The van der Waals surface area contributed by atoms with E-state index in [0.717, 1.165) is 29.2 Å². The number of likely N-dealkylation sites (tertiary alicyclic amines) is 1. The Labute approximate surface area is 163 Å². The van der Waals surface area contributed by atoms with E-state index in [1.54, 1.807) is 18.5 Å². The average molecular weight is 374 g/mol. The van der Waals surface area contributed by atoms with Crippen molar-refractivity contribution in [2.75, 3.05) is 18.4 Å². The summed E-state index contributed by atoms with van der Waals surface area (Å²) in [5, 5.41) is 3.50. The van der Waals surface area contributed by atoms with Gasteiger partial charge in [0.15, 0.2) is 5.82 Å². The fraction of sp³-hybridized carbons (Fsp3) is 0.286. The Morgan fingerprint density at radius 1 is 1.07 bits per heavy atom. The van der Waals surface area contributed by atoms with Crippen molar-refractivity contribution in [3.63, 3.8) is 0 Å². The van der Waals surface area contributed by atoms with Gasteiger partial charge in [0.1, 0.15) is 17.2 Å². The summed E-state index contributed by atoms with van der Waals surface area (Å²) in [6.45, 7) is 5.30. The number of pyridine rings is 2. The minimum Gasteiger partial charge on any atom is -0.365 e. The lowest BCUT2D eigenvalue weighted by molar-refractivity contribution is 0.0786. The number of carbonyl (C=O) groups is 1. The Morgan fingerprint density at radius 2 is 1.86 bits per heavy atom. The fourth-order valence-corrected chi connectivity index (χ4v) is 3.29. The highest BCUT2D eigenvalue weighted by molar-refractivity contribution is 5.92. The predicted molar refractivity (Wildman–Crippen MR) is 107 cm³/mol. The molecule has 1 aliphatic heterocycles. The van der Waals surface area contributed by atoms with Gasteiger partial charge in [0, 0.05) is 42.8 Å². The van der Waals surface area contributed by atoms with Crippen LogP contribution in [0.15, 0.2) is 48.8 Å². The average Bonchev–Trinajstić information content (AvgIpc) is 3.20. The lowest BCUT2D eigenvalue weighted by Crippen LogP contribution is -2.32. The SMILES string of the molecule is Cc1nc(-c2ccccn2)nc(NC2CCN(C(=O)c3ccccn3)C2)c1C. The zero-order valence-corrected chi connectivity index (χ0v) is 16.0. The van der Waals surface area contributed by atoms with E-state index in [1.165, 1.54) is 0 Å². The number of aryl methyl sites for hydroxylation is 1. The van der Waals surface area contributed by atoms with Crippen LogP contribution in [0.25, 0.3) is 11.5 Å². The summed E-state index contributed by atoms with van der Waals surface area (Å²) >= 11 is 0. The van der Waals surface area contributed by atoms with Gasteiger partial charge in [0.25, 0.3) is 5.91 Å². The minimum atomic E-state index is -0.0327. The number of amides is 1. The monoisotopic (exact) mass is 374 g/mol. The van der Waals surface area contributed by atoms with Crippen molar-refractivity contribution in [1.82, 2.24) is 24.8 Å². The maximum atomic E-state index is 12.6. The summed E-state index contributed by atoms with van der Waals surface area (Å²) in [6.07, 6.45) is 4.24. The van der Waals surface area contributed by atoms with E-state index in [0.29, 0.717) is 24.6 Å². The first-order chi connectivity index (χ1) is 13.6. The lowest BCUT2D eigenvalue weighted by Gasteiger charge is -2.18. The molecule has 142 valence electrons. The molecule has 4 rings (SSSR count). The van der Waals surface area contributed by atoms with Gasteiger partial charge in [-0.05, 0) is 44.5 Å². The van der Waals surface area contributed by atoms with Crippen molar-refractivity contribution >= 4 is 11.7 Å². The van der Waals surface area contributed by atoms with Gasteiger partial charge >= 0.3 is 0 Å². The van der Waals surface area contributed by atoms with Crippen molar-refractivity contribution in [2.24, 2.45) is 0 Å². The molecule has 1 saturated heterocycles.